The summed E-state index contributed by atoms with van der Waals surface area (Å²) in [6.45, 7) is 9.06. The highest BCUT2D eigenvalue weighted by atomic mass is 32.1. The van der Waals surface area contributed by atoms with Gasteiger partial charge in [-0.05, 0) is 60.1 Å². The Kier molecular flexibility index (Phi) is 4.03. The van der Waals surface area contributed by atoms with Gasteiger partial charge in [0.1, 0.15) is 0 Å². The predicted molar refractivity (Wildman–Crippen MR) is 96.8 cm³/mol. The van der Waals surface area contributed by atoms with Crippen molar-refractivity contribution in [3.63, 3.8) is 0 Å². The summed E-state index contributed by atoms with van der Waals surface area (Å²) < 4.78 is 3.01. The summed E-state index contributed by atoms with van der Waals surface area (Å²) in [6, 6.07) is 9.66. The van der Waals surface area contributed by atoms with Crippen molar-refractivity contribution >= 4 is 31.5 Å². The number of fused-ring (bicyclic) bond motifs is 3. The van der Waals surface area contributed by atoms with E-state index in [4.69, 9.17) is 0 Å². The van der Waals surface area contributed by atoms with Crippen LogP contribution in [0.4, 0.5) is 0 Å². The van der Waals surface area contributed by atoms with Crippen molar-refractivity contribution < 1.29 is 0 Å². The second-order valence-electron chi connectivity index (χ2n) is 5.78. The van der Waals surface area contributed by atoms with Crippen LogP contribution in [0.5, 0.6) is 0 Å². The average molecular weight is 296 g/mol. The normalized spacial score (nSPS) is 11.6. The van der Waals surface area contributed by atoms with Gasteiger partial charge in [0.25, 0.3) is 0 Å². The largest absolute Gasteiger partial charge is 0.135 e. The first kappa shape index (κ1) is 14.6. The summed E-state index contributed by atoms with van der Waals surface area (Å²) in [4.78, 5) is 0. The van der Waals surface area contributed by atoms with Crippen molar-refractivity contribution in [2.75, 3.05) is 0 Å². The zero-order valence-electron chi connectivity index (χ0n) is 13.5. The van der Waals surface area contributed by atoms with E-state index in [0.29, 0.717) is 0 Å². The second-order valence-corrected chi connectivity index (χ2v) is 6.80. The van der Waals surface area contributed by atoms with Crippen molar-refractivity contribution in [2.24, 2.45) is 0 Å². The molecule has 0 saturated carbocycles. The smallest absolute Gasteiger partial charge is 0.0387 e. The Morgan fingerprint density at radius 1 is 0.619 bits per heavy atom. The third-order valence-corrected chi connectivity index (χ3v) is 5.90. The van der Waals surface area contributed by atoms with E-state index >= 15 is 0 Å². The second kappa shape index (κ2) is 5.81. The van der Waals surface area contributed by atoms with E-state index in [2.05, 4.69) is 52.0 Å². The van der Waals surface area contributed by atoms with Gasteiger partial charge < -0.3 is 0 Å². The lowest BCUT2D eigenvalue weighted by Crippen LogP contribution is -1.87. The van der Waals surface area contributed by atoms with Gasteiger partial charge in [-0.3, -0.25) is 0 Å². The molecule has 0 amide bonds. The molecule has 0 bridgehead atoms. The fraction of sp³-hybridized carbons (Fsp3) is 0.400. The number of rotatable bonds is 4. The van der Waals surface area contributed by atoms with Crippen molar-refractivity contribution in [2.45, 2.75) is 53.4 Å². The van der Waals surface area contributed by atoms with E-state index in [9.17, 15) is 0 Å². The maximum absolute atomic E-state index is 2.42. The van der Waals surface area contributed by atoms with Crippen LogP contribution < -0.4 is 0 Å². The molecule has 0 fully saturated rings. The van der Waals surface area contributed by atoms with E-state index in [0.717, 1.165) is 25.7 Å². The van der Waals surface area contributed by atoms with E-state index in [1.165, 1.54) is 42.4 Å². The van der Waals surface area contributed by atoms with Crippen LogP contribution >= 0.6 is 11.3 Å². The van der Waals surface area contributed by atoms with Crippen molar-refractivity contribution in [3.8, 4) is 0 Å². The topological polar surface area (TPSA) is 0 Å². The van der Waals surface area contributed by atoms with E-state index in [1.54, 1.807) is 0 Å². The number of hydrogen-bond donors (Lipinski definition) is 0. The molecule has 0 aliphatic carbocycles. The Morgan fingerprint density at radius 2 is 1.05 bits per heavy atom. The maximum Gasteiger partial charge on any atom is 0.0387 e. The lowest BCUT2D eigenvalue weighted by Gasteiger charge is -2.05. The van der Waals surface area contributed by atoms with Crippen molar-refractivity contribution in [1.82, 2.24) is 0 Å². The molecular formula is C20H24S. The summed E-state index contributed by atoms with van der Waals surface area (Å²) in [5.74, 6) is 0. The van der Waals surface area contributed by atoms with Gasteiger partial charge in [0.15, 0.2) is 0 Å². The van der Waals surface area contributed by atoms with Gasteiger partial charge in [-0.15, -0.1) is 11.3 Å². The highest BCUT2D eigenvalue weighted by Crippen LogP contribution is 2.39. The molecule has 3 aromatic rings. The van der Waals surface area contributed by atoms with Crippen LogP contribution in [0.3, 0.4) is 0 Å². The van der Waals surface area contributed by atoms with Crippen LogP contribution in [0, 0.1) is 0 Å². The summed E-state index contributed by atoms with van der Waals surface area (Å²) in [5, 5.41) is 2.97. The molecule has 1 heteroatoms. The van der Waals surface area contributed by atoms with Gasteiger partial charge in [0.2, 0.25) is 0 Å². The molecule has 0 N–H and O–H groups in total. The SMILES string of the molecule is CCc1cc(CC)c2sc3c(CC)cc(CC)cc3c2c1. The summed E-state index contributed by atoms with van der Waals surface area (Å²) in [7, 11) is 0. The zero-order chi connectivity index (χ0) is 15.0. The molecule has 1 aromatic heterocycles. The molecule has 21 heavy (non-hydrogen) atoms. The van der Waals surface area contributed by atoms with Crippen molar-refractivity contribution in [3.05, 3.63) is 46.5 Å². The molecule has 0 saturated heterocycles. The molecule has 2 aromatic carbocycles. The Morgan fingerprint density at radius 3 is 1.38 bits per heavy atom. The lowest BCUT2D eigenvalue weighted by molar-refractivity contribution is 1.10. The van der Waals surface area contributed by atoms with Gasteiger partial charge in [0.05, 0.1) is 0 Å². The average Bonchev–Trinajstić information content (AvgIpc) is 2.91. The maximum atomic E-state index is 2.42. The highest BCUT2D eigenvalue weighted by Gasteiger charge is 2.13. The molecule has 0 aliphatic heterocycles. The molecule has 0 radical (unpaired) electrons. The summed E-state index contributed by atoms with van der Waals surface area (Å²) >= 11 is 2.00. The first-order valence-corrected chi connectivity index (χ1v) is 9.03. The minimum atomic E-state index is 1.12. The molecule has 0 atom stereocenters. The van der Waals surface area contributed by atoms with Gasteiger partial charge in [-0.2, -0.15) is 0 Å². The Labute approximate surface area is 131 Å². The van der Waals surface area contributed by atoms with Gasteiger partial charge in [0, 0.05) is 20.2 Å². The number of thiophene rings is 1. The number of hydrogen-bond acceptors (Lipinski definition) is 1. The van der Waals surface area contributed by atoms with Crippen LogP contribution in [0.15, 0.2) is 24.3 Å². The minimum absolute atomic E-state index is 1.12. The van der Waals surface area contributed by atoms with Gasteiger partial charge in [-0.25, -0.2) is 0 Å². The van der Waals surface area contributed by atoms with Crippen LogP contribution in [0.2, 0.25) is 0 Å². The fourth-order valence-electron chi connectivity index (χ4n) is 3.19. The Balaban J connectivity index is 2.45. The summed E-state index contributed by atoms with van der Waals surface area (Å²) in [5.41, 5.74) is 5.98. The van der Waals surface area contributed by atoms with E-state index in [1.807, 2.05) is 11.3 Å². The van der Waals surface area contributed by atoms with Crippen LogP contribution in [-0.2, 0) is 25.7 Å². The molecule has 0 unspecified atom stereocenters. The third kappa shape index (κ3) is 2.38. The fourth-order valence-corrected chi connectivity index (χ4v) is 4.62. The van der Waals surface area contributed by atoms with E-state index in [-0.39, 0.29) is 0 Å². The minimum Gasteiger partial charge on any atom is -0.135 e. The van der Waals surface area contributed by atoms with E-state index < -0.39 is 0 Å². The van der Waals surface area contributed by atoms with Crippen LogP contribution in [0.25, 0.3) is 20.2 Å². The van der Waals surface area contributed by atoms with Crippen molar-refractivity contribution in [1.29, 1.82) is 0 Å². The molecule has 3 rings (SSSR count). The molecule has 110 valence electrons. The number of aryl methyl sites for hydroxylation is 4. The number of benzene rings is 2. The molecule has 1 heterocycles. The zero-order valence-corrected chi connectivity index (χ0v) is 14.4. The lowest BCUT2D eigenvalue weighted by atomic mass is 9.98. The molecule has 0 nitrogen and oxygen atoms in total. The van der Waals surface area contributed by atoms with Crippen LogP contribution in [-0.4, -0.2) is 0 Å². The Bertz CT molecular complexity index is 726. The first-order chi connectivity index (χ1) is 10.2. The monoisotopic (exact) mass is 296 g/mol. The van der Waals surface area contributed by atoms with Gasteiger partial charge in [-0.1, -0.05) is 39.8 Å². The Hall–Kier alpha value is -1.34. The molecule has 0 aliphatic rings. The highest BCUT2D eigenvalue weighted by molar-refractivity contribution is 7.26. The third-order valence-electron chi connectivity index (χ3n) is 4.52. The first-order valence-electron chi connectivity index (χ1n) is 8.21. The quantitative estimate of drug-likeness (QED) is 0.529. The molecule has 0 spiro atoms. The standard InChI is InChI=1S/C20H24S/c1-5-13-9-15(7-3)19-17(11-13)18-12-14(6-2)10-16(8-4)20(18)21-19/h9-12H,5-8H2,1-4H3. The van der Waals surface area contributed by atoms with Crippen LogP contribution in [0.1, 0.15) is 49.9 Å². The van der Waals surface area contributed by atoms with Gasteiger partial charge >= 0.3 is 0 Å². The predicted octanol–water partition coefficient (Wildman–Crippen LogP) is 6.30. The summed E-state index contributed by atoms with van der Waals surface area (Å²) in [6.07, 6.45) is 4.49. The molecular weight excluding hydrogens is 272 g/mol.